The lowest BCUT2D eigenvalue weighted by molar-refractivity contribution is -0.124. The third-order valence-electron chi connectivity index (χ3n) is 2.19. The molecule has 0 aliphatic rings. The number of rotatable bonds is 5. The summed E-state index contributed by atoms with van der Waals surface area (Å²) in [5, 5.41) is 7.21. The van der Waals surface area contributed by atoms with Crippen molar-refractivity contribution in [3.05, 3.63) is 28.2 Å². The van der Waals surface area contributed by atoms with E-state index in [0.29, 0.717) is 15.7 Å². The van der Waals surface area contributed by atoms with Crippen molar-refractivity contribution in [3.8, 4) is 0 Å². The maximum atomic E-state index is 11.7. The zero-order chi connectivity index (χ0) is 15.1. The number of nitrogens with zero attached hydrogens (tertiary/aromatic N) is 1. The van der Waals surface area contributed by atoms with E-state index in [1.165, 1.54) is 6.07 Å². The number of hydrazone groups is 1. The highest BCUT2D eigenvalue weighted by Crippen LogP contribution is 2.25. The van der Waals surface area contributed by atoms with Gasteiger partial charge in [-0.05, 0) is 32.0 Å². The first-order valence-corrected chi connectivity index (χ1v) is 6.68. The number of amides is 2. The highest BCUT2D eigenvalue weighted by atomic mass is 35.5. The Labute approximate surface area is 127 Å². The molecule has 5 nitrogen and oxygen atoms in total. The molecule has 0 fully saturated rings. The molecule has 0 heterocycles. The van der Waals surface area contributed by atoms with Crippen LogP contribution in [0.2, 0.25) is 10.0 Å². The van der Waals surface area contributed by atoms with Gasteiger partial charge in [0.1, 0.15) is 0 Å². The quantitative estimate of drug-likeness (QED) is 0.647. The Morgan fingerprint density at radius 3 is 2.40 bits per heavy atom. The Morgan fingerprint density at radius 2 is 1.80 bits per heavy atom. The molecule has 1 aromatic carbocycles. The van der Waals surface area contributed by atoms with Crippen LogP contribution in [0.4, 0.5) is 5.69 Å². The number of halogens is 2. The molecule has 2 N–H and O–H groups in total. The molecule has 108 valence electrons. The summed E-state index contributed by atoms with van der Waals surface area (Å²) in [6.45, 7) is 3.52. The lowest BCUT2D eigenvalue weighted by Gasteiger charge is -2.07. The molecule has 0 aliphatic heterocycles. The zero-order valence-electron chi connectivity index (χ0n) is 11.2. The Hall–Kier alpha value is -1.59. The molecule has 0 spiro atoms. The van der Waals surface area contributed by atoms with Crippen LogP contribution in [-0.4, -0.2) is 17.5 Å². The molecule has 0 saturated heterocycles. The summed E-state index contributed by atoms with van der Waals surface area (Å²) in [5.74, 6) is -0.620. The van der Waals surface area contributed by atoms with Crippen LogP contribution < -0.4 is 10.7 Å². The van der Waals surface area contributed by atoms with Crippen LogP contribution in [0.5, 0.6) is 0 Å². The largest absolute Gasteiger partial charge is 0.325 e. The molecule has 1 aromatic rings. The first-order chi connectivity index (χ1) is 9.38. The SMILES string of the molecule is CC(C)=NNC(=O)CCC(=O)Nc1ccc(Cl)cc1Cl. The van der Waals surface area contributed by atoms with E-state index in [1.54, 1.807) is 26.0 Å². The predicted molar refractivity (Wildman–Crippen MR) is 81.3 cm³/mol. The van der Waals surface area contributed by atoms with Crippen molar-refractivity contribution in [2.45, 2.75) is 26.7 Å². The van der Waals surface area contributed by atoms with Gasteiger partial charge in [-0.25, -0.2) is 5.43 Å². The third-order valence-corrected chi connectivity index (χ3v) is 2.74. The normalized spacial score (nSPS) is 9.80. The van der Waals surface area contributed by atoms with E-state index in [0.717, 1.165) is 5.71 Å². The Morgan fingerprint density at radius 1 is 1.15 bits per heavy atom. The summed E-state index contributed by atoms with van der Waals surface area (Å²) in [4.78, 5) is 23.0. The van der Waals surface area contributed by atoms with Gasteiger partial charge in [-0.1, -0.05) is 23.2 Å². The van der Waals surface area contributed by atoms with E-state index in [4.69, 9.17) is 23.2 Å². The van der Waals surface area contributed by atoms with Gasteiger partial charge >= 0.3 is 0 Å². The van der Waals surface area contributed by atoms with Crippen molar-refractivity contribution in [1.29, 1.82) is 0 Å². The van der Waals surface area contributed by atoms with Gasteiger partial charge in [-0.3, -0.25) is 9.59 Å². The average Bonchev–Trinajstić information content (AvgIpc) is 2.37. The molecule has 0 aliphatic carbocycles. The average molecular weight is 316 g/mol. The van der Waals surface area contributed by atoms with Gasteiger partial charge in [0.25, 0.3) is 0 Å². The summed E-state index contributed by atoms with van der Waals surface area (Å²) < 4.78 is 0. The maximum Gasteiger partial charge on any atom is 0.240 e. The number of anilines is 1. The Balaban J connectivity index is 2.44. The fraction of sp³-hybridized carbons (Fsp3) is 0.308. The standard InChI is InChI=1S/C13H15Cl2N3O2/c1-8(2)17-18-13(20)6-5-12(19)16-11-4-3-9(14)7-10(11)15/h3-4,7H,5-6H2,1-2H3,(H,16,19)(H,18,20). The van der Waals surface area contributed by atoms with Crippen molar-refractivity contribution >= 4 is 46.4 Å². The van der Waals surface area contributed by atoms with Crippen LogP contribution in [0.25, 0.3) is 0 Å². The minimum Gasteiger partial charge on any atom is -0.325 e. The number of hydrogen-bond acceptors (Lipinski definition) is 3. The summed E-state index contributed by atoms with van der Waals surface area (Å²) in [7, 11) is 0. The smallest absolute Gasteiger partial charge is 0.240 e. The van der Waals surface area contributed by atoms with Gasteiger partial charge in [-0.2, -0.15) is 5.10 Å². The van der Waals surface area contributed by atoms with Crippen molar-refractivity contribution in [2.75, 3.05) is 5.32 Å². The first-order valence-electron chi connectivity index (χ1n) is 5.93. The van der Waals surface area contributed by atoms with E-state index in [2.05, 4.69) is 15.8 Å². The minimum absolute atomic E-state index is 0.0447. The van der Waals surface area contributed by atoms with E-state index in [9.17, 15) is 9.59 Å². The van der Waals surface area contributed by atoms with Gasteiger partial charge in [0.15, 0.2) is 0 Å². The molecule has 20 heavy (non-hydrogen) atoms. The third kappa shape index (κ3) is 6.04. The van der Waals surface area contributed by atoms with E-state index >= 15 is 0 Å². The van der Waals surface area contributed by atoms with Gasteiger partial charge in [0.05, 0.1) is 10.7 Å². The number of carbonyl (C=O) groups excluding carboxylic acids is 2. The molecule has 7 heteroatoms. The predicted octanol–water partition coefficient (Wildman–Crippen LogP) is 3.22. The molecule has 1 rings (SSSR count). The molecule has 0 saturated carbocycles. The summed E-state index contributed by atoms with van der Waals surface area (Å²) >= 11 is 11.7. The Bertz CT molecular complexity index is 540. The number of carbonyl (C=O) groups is 2. The molecular weight excluding hydrogens is 301 g/mol. The van der Waals surface area contributed by atoms with Crippen molar-refractivity contribution in [1.82, 2.24) is 5.43 Å². The highest BCUT2D eigenvalue weighted by molar-refractivity contribution is 6.36. The van der Waals surface area contributed by atoms with E-state index in [-0.39, 0.29) is 24.7 Å². The van der Waals surface area contributed by atoms with Crippen molar-refractivity contribution in [3.63, 3.8) is 0 Å². The van der Waals surface area contributed by atoms with Gasteiger partial charge in [-0.15, -0.1) is 0 Å². The summed E-state index contributed by atoms with van der Waals surface area (Å²) in [6.07, 6.45) is 0.0941. The maximum absolute atomic E-state index is 11.7. The van der Waals surface area contributed by atoms with Crippen LogP contribution in [-0.2, 0) is 9.59 Å². The number of hydrogen-bond donors (Lipinski definition) is 2. The molecule has 0 atom stereocenters. The highest BCUT2D eigenvalue weighted by Gasteiger charge is 2.09. The first kappa shape index (κ1) is 16.5. The van der Waals surface area contributed by atoms with E-state index in [1.807, 2.05) is 0 Å². The number of benzene rings is 1. The topological polar surface area (TPSA) is 70.6 Å². The summed E-state index contributed by atoms with van der Waals surface area (Å²) in [5.41, 5.74) is 3.54. The number of nitrogens with one attached hydrogen (secondary N) is 2. The zero-order valence-corrected chi connectivity index (χ0v) is 12.7. The lowest BCUT2D eigenvalue weighted by Crippen LogP contribution is -2.21. The van der Waals surface area contributed by atoms with E-state index < -0.39 is 0 Å². The molecule has 0 aromatic heterocycles. The molecule has 2 amide bonds. The second-order valence-electron chi connectivity index (χ2n) is 4.27. The molecule has 0 bridgehead atoms. The van der Waals surface area contributed by atoms with Gasteiger partial charge < -0.3 is 5.32 Å². The fourth-order valence-electron chi connectivity index (χ4n) is 1.26. The fourth-order valence-corrected chi connectivity index (χ4v) is 1.72. The van der Waals surface area contributed by atoms with Crippen molar-refractivity contribution < 1.29 is 9.59 Å². The van der Waals surface area contributed by atoms with Gasteiger partial charge in [0, 0.05) is 23.6 Å². The minimum atomic E-state index is -0.316. The molecular formula is C13H15Cl2N3O2. The van der Waals surface area contributed by atoms with Crippen LogP contribution in [0, 0.1) is 0 Å². The van der Waals surface area contributed by atoms with Crippen molar-refractivity contribution in [2.24, 2.45) is 5.10 Å². The second-order valence-corrected chi connectivity index (χ2v) is 5.11. The second kappa shape index (κ2) is 7.87. The van der Waals surface area contributed by atoms with Crippen LogP contribution in [0.3, 0.4) is 0 Å². The van der Waals surface area contributed by atoms with Crippen LogP contribution in [0.1, 0.15) is 26.7 Å². The summed E-state index contributed by atoms with van der Waals surface area (Å²) in [6, 6.07) is 4.76. The van der Waals surface area contributed by atoms with Gasteiger partial charge in [0.2, 0.25) is 11.8 Å². The molecule has 0 unspecified atom stereocenters. The molecule has 0 radical (unpaired) electrons. The lowest BCUT2D eigenvalue weighted by atomic mass is 10.2. The monoisotopic (exact) mass is 315 g/mol. The van der Waals surface area contributed by atoms with Crippen LogP contribution >= 0.6 is 23.2 Å². The van der Waals surface area contributed by atoms with Crippen LogP contribution in [0.15, 0.2) is 23.3 Å². The Kier molecular flexibility index (Phi) is 6.48.